The molecule has 0 radical (unpaired) electrons. The van der Waals surface area contributed by atoms with Crippen LogP contribution in [-0.4, -0.2) is 43.3 Å². The zero-order valence-electron chi connectivity index (χ0n) is 15.7. The van der Waals surface area contributed by atoms with Crippen molar-refractivity contribution in [3.05, 3.63) is 42.7 Å². The lowest BCUT2D eigenvalue weighted by Gasteiger charge is -2.28. The van der Waals surface area contributed by atoms with Gasteiger partial charge >= 0.3 is 0 Å². The van der Waals surface area contributed by atoms with Gasteiger partial charge < -0.3 is 15.2 Å². The van der Waals surface area contributed by atoms with Gasteiger partial charge in [0.15, 0.2) is 0 Å². The highest BCUT2D eigenvalue weighted by molar-refractivity contribution is 5.73. The lowest BCUT2D eigenvalue weighted by atomic mass is 10.0. The molecule has 3 atom stereocenters. The number of fused-ring (bicyclic) bond motifs is 2. The number of aryl methyl sites for hydroxylation is 1. The van der Waals surface area contributed by atoms with Gasteiger partial charge in [-0.25, -0.2) is 0 Å². The van der Waals surface area contributed by atoms with Crippen molar-refractivity contribution < 1.29 is 9.84 Å². The number of nitrogens with zero attached hydrogens (tertiary/aromatic N) is 4. The molecule has 0 amide bonds. The number of aromatic nitrogens is 4. The Balaban J connectivity index is 1.31. The Labute approximate surface area is 163 Å². The summed E-state index contributed by atoms with van der Waals surface area (Å²) in [6, 6.07) is 10.4. The number of ether oxygens (including phenoxy) is 1. The van der Waals surface area contributed by atoms with E-state index in [4.69, 9.17) is 4.74 Å². The van der Waals surface area contributed by atoms with Gasteiger partial charge in [0, 0.05) is 42.5 Å². The number of hydrogen-bond acceptors (Lipinski definition) is 6. The summed E-state index contributed by atoms with van der Waals surface area (Å²) in [7, 11) is 1.87. The van der Waals surface area contributed by atoms with Gasteiger partial charge in [-0.2, -0.15) is 5.10 Å². The van der Waals surface area contributed by atoms with Crippen molar-refractivity contribution in [2.24, 2.45) is 7.05 Å². The maximum Gasteiger partial charge on any atom is 0.233 e. The summed E-state index contributed by atoms with van der Waals surface area (Å²) < 4.78 is 7.79. The maximum atomic E-state index is 10.5. The number of phenolic OH excluding ortho intramolecular Hbond substituents is 1. The zero-order valence-corrected chi connectivity index (χ0v) is 15.7. The van der Waals surface area contributed by atoms with Gasteiger partial charge in [-0.05, 0) is 49.4 Å². The fraction of sp³-hybridized carbons (Fsp3) is 0.381. The van der Waals surface area contributed by atoms with Crippen molar-refractivity contribution in [2.45, 2.75) is 43.9 Å². The first-order valence-electron chi connectivity index (χ1n) is 9.73. The van der Waals surface area contributed by atoms with Crippen molar-refractivity contribution >= 4 is 0 Å². The third-order valence-electron chi connectivity index (χ3n) is 5.67. The van der Waals surface area contributed by atoms with E-state index >= 15 is 0 Å². The number of hydrogen-bond donors (Lipinski definition) is 2. The molecule has 0 saturated carbocycles. The minimum atomic E-state index is 0.166. The molecule has 7 heteroatoms. The molecule has 28 heavy (non-hydrogen) atoms. The van der Waals surface area contributed by atoms with Crippen molar-refractivity contribution in [2.75, 3.05) is 0 Å². The first kappa shape index (κ1) is 17.2. The van der Waals surface area contributed by atoms with E-state index in [1.807, 2.05) is 37.5 Å². The number of nitrogens with one attached hydrogen (secondary N) is 1. The van der Waals surface area contributed by atoms with Crippen LogP contribution in [0, 0.1) is 0 Å². The van der Waals surface area contributed by atoms with E-state index in [2.05, 4.69) is 20.6 Å². The normalized spacial score (nSPS) is 23.7. The second-order valence-electron chi connectivity index (χ2n) is 7.74. The van der Waals surface area contributed by atoms with E-state index in [-0.39, 0.29) is 11.9 Å². The standard InChI is InChI=1S/C21H23N5O2/c1-26-12-14(11-22-26)13-2-5-18(20(27)8-13)19-6-7-21(25-24-19)28-17-9-15-3-4-16(10-17)23-15/h2,5-8,11-12,15-17,23,27H,3-4,9-10H2,1H3/t15-,16+,17?. The summed E-state index contributed by atoms with van der Waals surface area (Å²) in [6.07, 6.45) is 8.41. The molecule has 5 rings (SSSR count). The van der Waals surface area contributed by atoms with Crippen LogP contribution >= 0.6 is 0 Å². The summed E-state index contributed by atoms with van der Waals surface area (Å²) in [4.78, 5) is 0. The predicted molar refractivity (Wildman–Crippen MR) is 105 cm³/mol. The average Bonchev–Trinajstić information content (AvgIpc) is 3.27. The first-order valence-corrected chi connectivity index (χ1v) is 9.73. The van der Waals surface area contributed by atoms with Gasteiger partial charge in [-0.3, -0.25) is 4.68 Å². The van der Waals surface area contributed by atoms with E-state index in [9.17, 15) is 5.11 Å². The Morgan fingerprint density at radius 3 is 2.54 bits per heavy atom. The second kappa shape index (κ2) is 6.91. The number of aromatic hydroxyl groups is 1. The van der Waals surface area contributed by atoms with Gasteiger partial charge in [-0.15, -0.1) is 10.2 Å². The van der Waals surface area contributed by atoms with Crippen LogP contribution in [0.4, 0.5) is 0 Å². The molecule has 2 fully saturated rings. The molecule has 0 aliphatic carbocycles. The summed E-state index contributed by atoms with van der Waals surface area (Å²) in [5.41, 5.74) is 3.12. The Morgan fingerprint density at radius 1 is 1.07 bits per heavy atom. The van der Waals surface area contributed by atoms with Gasteiger partial charge in [0.2, 0.25) is 5.88 Å². The molecule has 2 aromatic heterocycles. The van der Waals surface area contributed by atoms with Crippen LogP contribution < -0.4 is 10.1 Å². The smallest absolute Gasteiger partial charge is 0.233 e. The molecule has 144 valence electrons. The number of phenols is 1. The molecular formula is C21H23N5O2. The van der Waals surface area contributed by atoms with Crippen molar-refractivity contribution in [1.29, 1.82) is 0 Å². The molecule has 2 aliphatic heterocycles. The highest BCUT2D eigenvalue weighted by Gasteiger charge is 2.34. The van der Waals surface area contributed by atoms with Crippen molar-refractivity contribution in [1.82, 2.24) is 25.3 Å². The summed E-state index contributed by atoms with van der Waals surface area (Å²) in [5, 5.41) is 26.8. The third-order valence-corrected chi connectivity index (χ3v) is 5.67. The minimum Gasteiger partial charge on any atom is -0.507 e. The van der Waals surface area contributed by atoms with Crippen molar-refractivity contribution in [3.8, 4) is 34.0 Å². The van der Waals surface area contributed by atoms with E-state index in [1.54, 1.807) is 16.9 Å². The Morgan fingerprint density at radius 2 is 1.89 bits per heavy atom. The average molecular weight is 377 g/mol. The SMILES string of the molecule is Cn1cc(-c2ccc(-c3ccc(OC4C[C@H]5CC[C@@H](C4)N5)nn3)c(O)c2)cn1. The van der Waals surface area contributed by atoms with Gasteiger partial charge in [0.1, 0.15) is 11.9 Å². The summed E-state index contributed by atoms with van der Waals surface area (Å²) in [5.74, 6) is 0.709. The molecule has 1 unspecified atom stereocenters. The Hall–Kier alpha value is -2.93. The van der Waals surface area contributed by atoms with E-state index in [0.717, 1.165) is 24.0 Å². The Kier molecular flexibility index (Phi) is 4.24. The molecule has 2 bridgehead atoms. The van der Waals surface area contributed by atoms with Crippen LogP contribution in [0.1, 0.15) is 25.7 Å². The molecule has 4 heterocycles. The molecule has 1 aromatic carbocycles. The van der Waals surface area contributed by atoms with Gasteiger partial charge in [0.05, 0.1) is 11.9 Å². The van der Waals surface area contributed by atoms with Crippen LogP contribution in [0.25, 0.3) is 22.4 Å². The largest absolute Gasteiger partial charge is 0.507 e. The number of benzene rings is 1. The molecule has 3 aromatic rings. The van der Waals surface area contributed by atoms with Crippen molar-refractivity contribution in [3.63, 3.8) is 0 Å². The van der Waals surface area contributed by atoms with Crippen LogP contribution in [0.15, 0.2) is 42.7 Å². The molecule has 2 saturated heterocycles. The Bertz CT molecular complexity index is 973. The third kappa shape index (κ3) is 3.33. The lowest BCUT2D eigenvalue weighted by molar-refractivity contribution is 0.130. The molecular weight excluding hydrogens is 354 g/mol. The number of rotatable bonds is 4. The minimum absolute atomic E-state index is 0.166. The van der Waals surface area contributed by atoms with E-state index < -0.39 is 0 Å². The molecule has 2 aliphatic rings. The summed E-state index contributed by atoms with van der Waals surface area (Å²) >= 11 is 0. The first-order chi connectivity index (χ1) is 13.6. The maximum absolute atomic E-state index is 10.5. The van der Waals surface area contributed by atoms with Crippen LogP contribution in [-0.2, 0) is 7.05 Å². The quantitative estimate of drug-likeness (QED) is 0.727. The fourth-order valence-corrected chi connectivity index (χ4v) is 4.30. The molecule has 0 spiro atoms. The van der Waals surface area contributed by atoms with Crippen LogP contribution in [0.2, 0.25) is 0 Å². The van der Waals surface area contributed by atoms with Crippen LogP contribution in [0.3, 0.4) is 0 Å². The molecule has 2 N–H and O–H groups in total. The predicted octanol–water partition coefficient (Wildman–Crippen LogP) is 2.91. The fourth-order valence-electron chi connectivity index (χ4n) is 4.30. The topological polar surface area (TPSA) is 85.1 Å². The van der Waals surface area contributed by atoms with Crippen LogP contribution in [0.5, 0.6) is 11.6 Å². The number of piperidine rings is 1. The summed E-state index contributed by atoms with van der Waals surface area (Å²) in [6.45, 7) is 0. The highest BCUT2D eigenvalue weighted by atomic mass is 16.5. The van der Waals surface area contributed by atoms with E-state index in [1.165, 1.54) is 12.8 Å². The second-order valence-corrected chi connectivity index (χ2v) is 7.74. The van der Waals surface area contributed by atoms with Gasteiger partial charge in [0.25, 0.3) is 0 Å². The highest BCUT2D eigenvalue weighted by Crippen LogP contribution is 2.33. The monoisotopic (exact) mass is 377 g/mol. The lowest BCUT2D eigenvalue weighted by Crippen LogP contribution is -2.42. The van der Waals surface area contributed by atoms with Gasteiger partial charge in [-0.1, -0.05) is 6.07 Å². The molecule has 7 nitrogen and oxygen atoms in total. The van der Waals surface area contributed by atoms with E-state index in [0.29, 0.717) is 29.2 Å². The zero-order chi connectivity index (χ0) is 19.1.